The van der Waals surface area contributed by atoms with Crippen molar-refractivity contribution in [3.8, 4) is 0 Å². The van der Waals surface area contributed by atoms with E-state index in [0.29, 0.717) is 0 Å². The summed E-state index contributed by atoms with van der Waals surface area (Å²) in [5.41, 5.74) is 0.985. The minimum atomic E-state index is -3.67. The lowest BCUT2D eigenvalue weighted by Crippen LogP contribution is -1.97. The maximum absolute atomic E-state index is 10.7. The Bertz CT molecular complexity index is 442. The second-order valence-corrected chi connectivity index (χ2v) is 5.59. The van der Waals surface area contributed by atoms with E-state index in [2.05, 4.69) is 10.1 Å². The number of aryl methyl sites for hydroxylation is 1. The Hall–Kier alpha value is -0.540. The quantitative estimate of drug-likeness (QED) is 0.620. The van der Waals surface area contributed by atoms with Crippen molar-refractivity contribution in [2.45, 2.75) is 18.4 Å². The zero-order chi connectivity index (χ0) is 12.8. The van der Waals surface area contributed by atoms with Gasteiger partial charge >= 0.3 is 0 Å². The molecule has 0 fully saturated rings. The van der Waals surface area contributed by atoms with Crippen LogP contribution in [0, 0.1) is 0 Å². The lowest BCUT2D eigenvalue weighted by Gasteiger charge is -1.96. The average molecular weight is 286 g/mol. The van der Waals surface area contributed by atoms with Gasteiger partial charge in [-0.2, -0.15) is 0 Å². The van der Waals surface area contributed by atoms with Crippen molar-refractivity contribution in [2.75, 3.05) is 0 Å². The maximum Gasteiger partial charge on any atom is 0.278 e. The van der Waals surface area contributed by atoms with E-state index in [0.717, 1.165) is 12.0 Å². The first-order valence-corrected chi connectivity index (χ1v) is 7.45. The summed E-state index contributed by atoms with van der Waals surface area (Å²) >= 11 is -2.36. The number of hydrogen-bond donors (Lipinski definition) is 1. The summed E-state index contributed by atoms with van der Waals surface area (Å²) in [6, 6.07) is 3.10. The topological polar surface area (TPSA) is 113 Å². The molecular weight excluding hydrogens is 276 g/mol. The summed E-state index contributed by atoms with van der Waals surface area (Å²) in [6.07, 6.45) is 2.34. The molecule has 1 aromatic heterocycles. The number of nitrogens with two attached hydrogens (primary N) is 1. The molecule has 1 rings (SSSR count). The van der Waals surface area contributed by atoms with E-state index in [9.17, 15) is 8.42 Å². The molecule has 1 aromatic rings. The van der Waals surface area contributed by atoms with E-state index >= 15 is 0 Å². The summed E-state index contributed by atoms with van der Waals surface area (Å²) in [5.74, 6) is 0. The van der Waals surface area contributed by atoms with Gasteiger partial charge in [0.05, 0.1) is 0 Å². The SMILES string of the molecule is CCc1ccc(S(=O)(=O)Cl)nc1.NS(=O)[O-]. The van der Waals surface area contributed by atoms with E-state index in [1.54, 1.807) is 6.07 Å². The van der Waals surface area contributed by atoms with Gasteiger partial charge in [-0.1, -0.05) is 13.0 Å². The molecule has 9 heteroatoms. The summed E-state index contributed by atoms with van der Waals surface area (Å²) < 4.78 is 39.0. The summed E-state index contributed by atoms with van der Waals surface area (Å²) in [7, 11) is 1.40. The first-order valence-electron chi connectivity index (χ1n) is 4.00. The number of halogens is 1. The van der Waals surface area contributed by atoms with Crippen LogP contribution in [0.25, 0.3) is 0 Å². The van der Waals surface area contributed by atoms with Gasteiger partial charge in [0.15, 0.2) is 5.03 Å². The standard InChI is InChI=1S/C7H8ClNO2S.H3NO2S/c1-2-6-3-4-7(9-5-6)12(8,10)11;1-4(2)3/h3-5H,2H2,1H3;1H2,(H,2,3)/p-1. The third-order valence-electron chi connectivity index (χ3n) is 1.46. The van der Waals surface area contributed by atoms with Gasteiger partial charge in [0.2, 0.25) is 0 Å². The number of hydrogen-bond acceptors (Lipinski definition) is 5. The van der Waals surface area contributed by atoms with Crippen LogP contribution in [0.5, 0.6) is 0 Å². The van der Waals surface area contributed by atoms with Crippen molar-refractivity contribution >= 4 is 31.0 Å². The Morgan fingerprint density at radius 2 is 2.06 bits per heavy atom. The van der Waals surface area contributed by atoms with Gasteiger partial charge in [0.25, 0.3) is 9.05 Å². The average Bonchev–Trinajstić information content (AvgIpc) is 2.16. The predicted molar refractivity (Wildman–Crippen MR) is 59.8 cm³/mol. The molecule has 0 bridgehead atoms. The third kappa shape index (κ3) is 6.85. The van der Waals surface area contributed by atoms with E-state index in [1.807, 2.05) is 6.92 Å². The van der Waals surface area contributed by atoms with Gasteiger partial charge < -0.3 is 4.55 Å². The Morgan fingerprint density at radius 1 is 1.56 bits per heavy atom. The second kappa shape index (κ2) is 6.92. The molecule has 16 heavy (non-hydrogen) atoms. The number of nitrogens with zero attached hydrogens (tertiary/aromatic N) is 1. The second-order valence-electron chi connectivity index (χ2n) is 2.56. The molecule has 0 aliphatic rings. The van der Waals surface area contributed by atoms with Crippen LogP contribution >= 0.6 is 10.7 Å². The van der Waals surface area contributed by atoms with Crippen LogP contribution in [-0.2, 0) is 26.7 Å². The zero-order valence-electron chi connectivity index (χ0n) is 8.29. The van der Waals surface area contributed by atoms with Crippen LogP contribution in [0.3, 0.4) is 0 Å². The Balaban J connectivity index is 0.000000487. The lowest BCUT2D eigenvalue weighted by molar-refractivity contribution is 0.538. The highest BCUT2D eigenvalue weighted by molar-refractivity contribution is 8.13. The van der Waals surface area contributed by atoms with Crippen LogP contribution in [0.1, 0.15) is 12.5 Å². The van der Waals surface area contributed by atoms with Crippen LogP contribution in [0.15, 0.2) is 23.4 Å². The maximum atomic E-state index is 10.7. The fraction of sp³-hybridized carbons (Fsp3) is 0.286. The van der Waals surface area contributed by atoms with Gasteiger partial charge in [0, 0.05) is 28.1 Å². The van der Waals surface area contributed by atoms with Crippen LogP contribution < -0.4 is 5.14 Å². The molecule has 0 saturated carbocycles. The number of aromatic nitrogens is 1. The van der Waals surface area contributed by atoms with Crippen molar-refractivity contribution in [3.63, 3.8) is 0 Å². The fourth-order valence-corrected chi connectivity index (χ4v) is 1.45. The molecule has 92 valence electrons. The minimum absolute atomic E-state index is 0.0960. The monoisotopic (exact) mass is 285 g/mol. The third-order valence-corrected chi connectivity index (χ3v) is 2.67. The predicted octanol–water partition coefficient (Wildman–Crippen LogP) is 0.311. The zero-order valence-corrected chi connectivity index (χ0v) is 10.7. The molecular formula is C7H10ClN2O4S2-. The van der Waals surface area contributed by atoms with Gasteiger partial charge in [-0.25, -0.2) is 13.4 Å². The van der Waals surface area contributed by atoms with Crippen LogP contribution in [0.2, 0.25) is 0 Å². The summed E-state index contributed by atoms with van der Waals surface area (Å²) in [4.78, 5) is 3.70. The molecule has 1 heterocycles. The lowest BCUT2D eigenvalue weighted by atomic mass is 10.2. The van der Waals surface area contributed by atoms with Gasteiger partial charge in [-0.05, 0) is 18.1 Å². The van der Waals surface area contributed by atoms with Crippen LogP contribution in [0.4, 0.5) is 0 Å². The largest absolute Gasteiger partial charge is 0.760 e. The highest BCUT2D eigenvalue weighted by Gasteiger charge is 2.10. The molecule has 1 unspecified atom stereocenters. The molecule has 0 saturated heterocycles. The molecule has 0 aliphatic heterocycles. The Morgan fingerprint density at radius 3 is 2.31 bits per heavy atom. The van der Waals surface area contributed by atoms with E-state index < -0.39 is 20.3 Å². The van der Waals surface area contributed by atoms with Gasteiger partial charge in [-0.15, -0.1) is 0 Å². The molecule has 0 aromatic carbocycles. The van der Waals surface area contributed by atoms with Crippen molar-refractivity contribution in [3.05, 3.63) is 23.9 Å². The molecule has 0 spiro atoms. The van der Waals surface area contributed by atoms with Gasteiger partial charge in [0.1, 0.15) is 0 Å². The molecule has 0 aliphatic carbocycles. The van der Waals surface area contributed by atoms with E-state index in [4.69, 9.17) is 19.4 Å². The molecule has 6 nitrogen and oxygen atoms in total. The fourth-order valence-electron chi connectivity index (χ4n) is 0.764. The van der Waals surface area contributed by atoms with Crippen LogP contribution in [-0.4, -0.2) is 22.2 Å². The van der Waals surface area contributed by atoms with Crippen molar-refractivity contribution in [2.24, 2.45) is 5.14 Å². The van der Waals surface area contributed by atoms with Crippen molar-refractivity contribution < 1.29 is 17.2 Å². The molecule has 2 N–H and O–H groups in total. The Labute approximate surface area is 101 Å². The molecule has 0 amide bonds. The summed E-state index contributed by atoms with van der Waals surface area (Å²) in [5, 5.41) is 3.93. The first-order chi connectivity index (χ1) is 7.27. The van der Waals surface area contributed by atoms with E-state index in [-0.39, 0.29) is 5.03 Å². The number of pyridine rings is 1. The van der Waals surface area contributed by atoms with Crippen molar-refractivity contribution in [1.29, 1.82) is 0 Å². The number of rotatable bonds is 2. The summed E-state index contributed by atoms with van der Waals surface area (Å²) in [6.45, 7) is 1.96. The smallest absolute Gasteiger partial charge is 0.278 e. The Kier molecular flexibility index (Phi) is 6.68. The highest BCUT2D eigenvalue weighted by Crippen LogP contribution is 2.11. The minimum Gasteiger partial charge on any atom is -0.760 e. The molecule has 1 atom stereocenters. The highest BCUT2D eigenvalue weighted by atomic mass is 35.7. The molecule has 0 radical (unpaired) electrons. The van der Waals surface area contributed by atoms with E-state index in [1.165, 1.54) is 12.3 Å². The normalized spacial score (nSPS) is 12.5. The first kappa shape index (κ1) is 15.5. The van der Waals surface area contributed by atoms with Gasteiger partial charge in [-0.3, -0.25) is 9.35 Å². The van der Waals surface area contributed by atoms with Crippen molar-refractivity contribution in [1.82, 2.24) is 4.98 Å².